The van der Waals surface area contributed by atoms with Gasteiger partial charge in [-0.1, -0.05) is 29.8 Å². The number of benzene rings is 3. The van der Waals surface area contributed by atoms with E-state index in [0.717, 1.165) is 55.4 Å². The third-order valence-corrected chi connectivity index (χ3v) is 6.79. The minimum atomic E-state index is -0.0500. The summed E-state index contributed by atoms with van der Waals surface area (Å²) in [5.41, 5.74) is 2.62. The number of fused-ring (bicyclic) bond motifs is 1. The van der Waals surface area contributed by atoms with E-state index in [4.69, 9.17) is 25.8 Å². The molecule has 35 heavy (non-hydrogen) atoms. The molecule has 2 heterocycles. The third kappa shape index (κ3) is 5.39. The van der Waals surface area contributed by atoms with Crippen molar-refractivity contribution >= 4 is 23.2 Å². The van der Waals surface area contributed by atoms with Gasteiger partial charge in [0.05, 0.1) is 7.11 Å². The van der Waals surface area contributed by atoms with E-state index in [2.05, 4.69) is 17.0 Å². The normalized spacial score (nSPS) is 16.1. The molecule has 7 heteroatoms. The highest BCUT2D eigenvalue weighted by molar-refractivity contribution is 6.31. The maximum absolute atomic E-state index is 13.7. The van der Waals surface area contributed by atoms with Gasteiger partial charge < -0.3 is 19.1 Å². The zero-order valence-corrected chi connectivity index (χ0v) is 20.5. The van der Waals surface area contributed by atoms with Crippen LogP contribution in [0.4, 0.5) is 5.69 Å². The van der Waals surface area contributed by atoms with Gasteiger partial charge in [0, 0.05) is 48.0 Å². The monoisotopic (exact) mass is 492 g/mol. The van der Waals surface area contributed by atoms with E-state index in [0.29, 0.717) is 23.8 Å². The summed E-state index contributed by atoms with van der Waals surface area (Å²) >= 11 is 6.20. The first-order valence-electron chi connectivity index (χ1n) is 11.9. The summed E-state index contributed by atoms with van der Waals surface area (Å²) in [5, 5.41) is 0.552. The van der Waals surface area contributed by atoms with Gasteiger partial charge in [-0.3, -0.25) is 9.69 Å². The summed E-state index contributed by atoms with van der Waals surface area (Å²) in [5.74, 6) is 2.31. The Morgan fingerprint density at radius 3 is 2.54 bits per heavy atom. The van der Waals surface area contributed by atoms with Gasteiger partial charge in [-0.2, -0.15) is 0 Å². The minimum absolute atomic E-state index is 0.0500. The molecule has 182 valence electrons. The largest absolute Gasteiger partial charge is 0.497 e. The van der Waals surface area contributed by atoms with E-state index in [1.165, 1.54) is 5.56 Å². The number of nitrogens with zero attached hydrogens (tertiary/aromatic N) is 2. The second-order valence-corrected chi connectivity index (χ2v) is 9.31. The molecule has 0 atom stereocenters. The lowest BCUT2D eigenvalue weighted by molar-refractivity contribution is 0.0958. The molecule has 3 aromatic carbocycles. The maximum atomic E-state index is 13.7. The van der Waals surface area contributed by atoms with Crippen LogP contribution < -0.4 is 19.1 Å². The van der Waals surface area contributed by atoms with E-state index in [1.54, 1.807) is 19.2 Å². The molecule has 6 nitrogen and oxygen atoms in total. The van der Waals surface area contributed by atoms with Gasteiger partial charge in [0.25, 0.3) is 5.91 Å². The van der Waals surface area contributed by atoms with Crippen molar-refractivity contribution in [2.45, 2.75) is 25.4 Å². The number of carbonyl (C=O) groups excluding carboxylic acids is 1. The molecule has 2 aliphatic rings. The molecule has 5 rings (SSSR count). The molecule has 3 aromatic rings. The Kier molecular flexibility index (Phi) is 7.11. The van der Waals surface area contributed by atoms with Gasteiger partial charge in [-0.15, -0.1) is 0 Å². The van der Waals surface area contributed by atoms with Crippen molar-refractivity contribution in [3.63, 3.8) is 0 Å². The molecule has 0 aliphatic carbocycles. The smallest absolute Gasteiger partial charge is 0.258 e. The van der Waals surface area contributed by atoms with E-state index >= 15 is 0 Å². The summed E-state index contributed by atoms with van der Waals surface area (Å²) in [6.07, 6.45) is 1.74. The van der Waals surface area contributed by atoms with E-state index in [-0.39, 0.29) is 11.9 Å². The van der Waals surface area contributed by atoms with Crippen LogP contribution in [0.5, 0.6) is 17.2 Å². The number of methoxy groups -OCH3 is 1. The lowest BCUT2D eigenvalue weighted by Crippen LogP contribution is -2.47. The maximum Gasteiger partial charge on any atom is 0.258 e. The van der Waals surface area contributed by atoms with Crippen LogP contribution in [0.3, 0.4) is 0 Å². The van der Waals surface area contributed by atoms with Crippen LogP contribution in [-0.2, 0) is 6.54 Å². The molecule has 0 spiro atoms. The number of likely N-dealkylation sites (tertiary alicyclic amines) is 1. The van der Waals surface area contributed by atoms with Gasteiger partial charge in [0.1, 0.15) is 19.0 Å². The topological polar surface area (TPSA) is 51.2 Å². The second kappa shape index (κ2) is 10.6. The molecule has 0 aromatic heterocycles. The highest BCUT2D eigenvalue weighted by Gasteiger charge is 2.30. The number of halogens is 1. The zero-order valence-electron chi connectivity index (χ0n) is 19.8. The summed E-state index contributed by atoms with van der Waals surface area (Å²) in [6.45, 7) is 3.80. The quantitative estimate of drug-likeness (QED) is 0.459. The first-order valence-corrected chi connectivity index (χ1v) is 12.3. The Bertz CT molecular complexity index is 1190. The number of rotatable bonds is 6. The molecule has 0 unspecified atom stereocenters. The van der Waals surface area contributed by atoms with Crippen LogP contribution in [-0.4, -0.2) is 50.3 Å². The van der Waals surface area contributed by atoms with Crippen molar-refractivity contribution in [1.82, 2.24) is 4.90 Å². The van der Waals surface area contributed by atoms with Crippen LogP contribution in [0.15, 0.2) is 66.7 Å². The second-order valence-electron chi connectivity index (χ2n) is 8.87. The Hall–Kier alpha value is -3.22. The lowest BCUT2D eigenvalue weighted by Gasteiger charge is -2.39. The number of ether oxygens (including phenoxy) is 3. The standard InChI is InChI=1S/C28H29ClN2O4/c1-33-25-7-3-6-24(18-25)31(28(32)21-4-2-5-22(29)17-21)23-10-12-30(13-11-23)19-20-8-9-26-27(16-20)35-15-14-34-26/h2-9,16-18,23H,10-15,19H2,1H3. The fourth-order valence-corrected chi connectivity index (χ4v) is 4.99. The van der Waals surface area contributed by atoms with Crippen molar-refractivity contribution in [3.05, 3.63) is 82.9 Å². The third-order valence-electron chi connectivity index (χ3n) is 6.56. The van der Waals surface area contributed by atoms with Crippen molar-refractivity contribution in [2.75, 3.05) is 38.3 Å². The summed E-state index contributed by atoms with van der Waals surface area (Å²) in [7, 11) is 1.64. The van der Waals surface area contributed by atoms with Crippen molar-refractivity contribution < 1.29 is 19.0 Å². The highest BCUT2D eigenvalue weighted by Crippen LogP contribution is 2.32. The molecule has 1 saturated heterocycles. The SMILES string of the molecule is COc1cccc(N(C(=O)c2cccc(Cl)c2)C2CCN(Cc3ccc4c(c3)OCCO4)CC2)c1. The van der Waals surface area contributed by atoms with Gasteiger partial charge in [0.15, 0.2) is 11.5 Å². The Balaban J connectivity index is 1.32. The summed E-state index contributed by atoms with van der Waals surface area (Å²) < 4.78 is 16.8. The van der Waals surface area contributed by atoms with E-state index in [9.17, 15) is 4.79 Å². The van der Waals surface area contributed by atoms with Gasteiger partial charge in [-0.05, 0) is 60.9 Å². The average molecular weight is 493 g/mol. The minimum Gasteiger partial charge on any atom is -0.497 e. The Morgan fingerprint density at radius 2 is 1.77 bits per heavy atom. The fourth-order valence-electron chi connectivity index (χ4n) is 4.79. The first kappa shape index (κ1) is 23.5. The van der Waals surface area contributed by atoms with Crippen molar-refractivity contribution in [1.29, 1.82) is 0 Å². The van der Waals surface area contributed by atoms with Crippen LogP contribution in [0.25, 0.3) is 0 Å². The van der Waals surface area contributed by atoms with Gasteiger partial charge >= 0.3 is 0 Å². The number of hydrogen-bond donors (Lipinski definition) is 0. The van der Waals surface area contributed by atoms with E-state index in [1.807, 2.05) is 47.4 Å². The Labute approximate surface area is 211 Å². The molecule has 1 amide bonds. The molecule has 0 N–H and O–H groups in total. The molecule has 2 aliphatic heterocycles. The van der Waals surface area contributed by atoms with Crippen LogP contribution in [0.2, 0.25) is 5.02 Å². The van der Waals surface area contributed by atoms with Crippen LogP contribution >= 0.6 is 11.6 Å². The number of hydrogen-bond acceptors (Lipinski definition) is 5. The first-order chi connectivity index (χ1) is 17.1. The van der Waals surface area contributed by atoms with Crippen molar-refractivity contribution in [3.8, 4) is 17.2 Å². The van der Waals surface area contributed by atoms with Crippen LogP contribution in [0, 0.1) is 0 Å². The van der Waals surface area contributed by atoms with Gasteiger partial charge in [0.2, 0.25) is 0 Å². The predicted molar refractivity (Wildman–Crippen MR) is 137 cm³/mol. The van der Waals surface area contributed by atoms with Crippen LogP contribution in [0.1, 0.15) is 28.8 Å². The zero-order chi connectivity index (χ0) is 24.2. The van der Waals surface area contributed by atoms with E-state index < -0.39 is 0 Å². The highest BCUT2D eigenvalue weighted by atomic mass is 35.5. The fraction of sp³-hybridized carbons (Fsp3) is 0.321. The average Bonchev–Trinajstić information content (AvgIpc) is 2.90. The predicted octanol–water partition coefficient (Wildman–Crippen LogP) is 5.43. The molecule has 0 radical (unpaired) electrons. The summed E-state index contributed by atoms with van der Waals surface area (Å²) in [4.78, 5) is 18.0. The molecular weight excluding hydrogens is 464 g/mol. The summed E-state index contributed by atoms with van der Waals surface area (Å²) in [6, 6.07) is 21.1. The molecule has 1 fully saturated rings. The Morgan fingerprint density at radius 1 is 1.00 bits per heavy atom. The number of carbonyl (C=O) groups is 1. The molecular formula is C28H29ClN2O4. The van der Waals surface area contributed by atoms with Crippen molar-refractivity contribution in [2.24, 2.45) is 0 Å². The number of anilines is 1. The molecule has 0 saturated carbocycles. The lowest BCUT2D eigenvalue weighted by atomic mass is 10.00. The molecule has 0 bridgehead atoms. The number of piperidine rings is 1. The number of amides is 1. The van der Waals surface area contributed by atoms with Gasteiger partial charge in [-0.25, -0.2) is 0 Å².